The molecule has 1 aliphatic rings. The predicted molar refractivity (Wildman–Crippen MR) is 118 cm³/mol. The van der Waals surface area contributed by atoms with Crippen molar-refractivity contribution in [2.24, 2.45) is 20.0 Å². The molecule has 0 aliphatic carbocycles. The third-order valence-corrected chi connectivity index (χ3v) is 3.86. The maximum absolute atomic E-state index is 13.7. The van der Waals surface area contributed by atoms with Gasteiger partial charge in [-0.1, -0.05) is 11.5 Å². The normalized spacial score (nSPS) is 12.3. The van der Waals surface area contributed by atoms with Gasteiger partial charge in [0.15, 0.2) is 0 Å². The molecule has 254 valence electrons. The van der Waals surface area contributed by atoms with Crippen LogP contribution in [0.1, 0.15) is 22.3 Å². The van der Waals surface area contributed by atoms with Crippen LogP contribution in [0.4, 0.5) is 8.78 Å². The minimum absolute atomic E-state index is 0. The number of aliphatic hydroxyl groups excluding tert-OH is 2. The van der Waals surface area contributed by atoms with E-state index in [1.165, 1.54) is 24.9 Å². The molecule has 0 atom stereocenters. The summed E-state index contributed by atoms with van der Waals surface area (Å²) in [6.45, 7) is 0.864. The summed E-state index contributed by atoms with van der Waals surface area (Å²) in [6.07, 6.45) is 5.13. The third-order valence-electron chi connectivity index (χ3n) is 3.86. The molecule has 4 bridgehead atoms. The Morgan fingerprint density at radius 2 is 0.659 bits per heavy atom. The van der Waals surface area contributed by atoms with Gasteiger partial charge in [-0.25, -0.2) is 46.1 Å². The number of aliphatic hydroxyl groups is 2. The summed E-state index contributed by atoms with van der Waals surface area (Å²) in [4.78, 5) is 16.2. The molecule has 2 aromatic rings. The summed E-state index contributed by atoms with van der Waals surface area (Å²) in [5, 5.41) is 38.6. The molecule has 0 saturated carbocycles. The van der Waals surface area contributed by atoms with E-state index in [9.17, 15) is 19.0 Å². The summed E-state index contributed by atoms with van der Waals surface area (Å²) in [5.74, 6) is -1.86. The molecule has 0 aromatic heterocycles. The number of nitrogens with zero attached hydrogens (tertiary/aromatic N) is 4. The smallest absolute Gasteiger partial charge is 0.872 e. The van der Waals surface area contributed by atoms with Crippen LogP contribution in [-0.2, 0) is 34.1 Å². The molecular formula is C22H24Cl2Cu2F2N4O12. The van der Waals surface area contributed by atoms with Gasteiger partial charge >= 0.3 is 34.1 Å². The first-order chi connectivity index (χ1) is 19.5. The van der Waals surface area contributed by atoms with E-state index in [0.717, 1.165) is 38.5 Å². The second-order valence-corrected chi connectivity index (χ2v) is 8.24. The van der Waals surface area contributed by atoms with E-state index in [0.29, 0.717) is 0 Å². The average Bonchev–Trinajstić information content (AvgIpc) is 2.88. The van der Waals surface area contributed by atoms with Crippen molar-refractivity contribution < 1.29 is 121 Å². The van der Waals surface area contributed by atoms with Gasteiger partial charge in [0.1, 0.15) is 11.6 Å². The monoisotopic (exact) mass is 770 g/mol. The molecule has 22 heteroatoms. The van der Waals surface area contributed by atoms with Gasteiger partial charge in [0.05, 0.1) is 26.2 Å². The molecule has 3 rings (SSSR count). The van der Waals surface area contributed by atoms with Gasteiger partial charge in [0.25, 0.3) is 0 Å². The van der Waals surface area contributed by atoms with Crippen LogP contribution in [-0.4, -0.2) is 75.5 Å². The quantitative estimate of drug-likeness (QED) is 0.236. The standard InChI is InChI=1S/C20H18F2N4O2.2CH4O.2ClHO4.2Cu/c21-17-5-13-9-23-1-2-24-10-14-6-18(22)8-16(20(14)28)12-26-4-3-25-11-15(7-17)19(13)27;2*1-2;2*2-1(3,4)5;;/h5-12,27-28H,1-4H2;2*2H,1H3;2*(H,2,3,4,5);;/q;;;;;2*+2/p-4. The molecule has 2 N–H and O–H groups in total. The molecular weight excluding hydrogens is 748 g/mol. The SMILES string of the molecule is CO.CO.[Cu+2].[Cu+2].[O-][Cl+3]([O-])([O-])[O-].[O-][Cl+3]([O-])([O-])[O-].[O-]c1c2cc(F)cc1C=NCCN=Cc1cc(F)cc(c1[O-])C=NCCN=C2. The zero-order chi connectivity index (χ0) is 32.9. The molecule has 0 unspecified atom stereocenters. The van der Waals surface area contributed by atoms with Crippen LogP contribution in [0.15, 0.2) is 44.2 Å². The van der Waals surface area contributed by atoms with E-state index in [2.05, 4.69) is 20.0 Å². The molecule has 1 aliphatic heterocycles. The number of hydrogen-bond acceptors (Lipinski definition) is 16. The van der Waals surface area contributed by atoms with Crippen molar-refractivity contribution in [1.82, 2.24) is 0 Å². The van der Waals surface area contributed by atoms with Gasteiger partial charge in [-0.05, 0) is 46.5 Å². The van der Waals surface area contributed by atoms with Gasteiger partial charge < -0.3 is 20.4 Å². The van der Waals surface area contributed by atoms with Crippen molar-refractivity contribution in [3.05, 3.63) is 58.2 Å². The summed E-state index contributed by atoms with van der Waals surface area (Å²) in [5.41, 5.74) is 0.449. The second-order valence-electron chi connectivity index (χ2n) is 6.72. The Hall–Kier alpha value is -2.20. The Labute approximate surface area is 275 Å². The molecule has 0 spiro atoms. The Morgan fingerprint density at radius 1 is 0.500 bits per heavy atom. The Morgan fingerprint density at radius 3 is 0.818 bits per heavy atom. The zero-order valence-corrected chi connectivity index (χ0v) is 25.7. The molecule has 0 saturated heterocycles. The van der Waals surface area contributed by atoms with E-state index in [-0.39, 0.29) is 94.1 Å². The predicted octanol–water partition coefficient (Wildman–Crippen LogP) is -8.80. The second kappa shape index (κ2) is 26.1. The number of hydrogen-bond donors (Lipinski definition) is 2. The van der Waals surface area contributed by atoms with Crippen LogP contribution in [0.2, 0.25) is 0 Å². The first-order valence-corrected chi connectivity index (χ1v) is 13.1. The number of fused-ring (bicyclic) bond motifs is 4. The third kappa shape index (κ3) is 26.2. The summed E-state index contributed by atoms with van der Waals surface area (Å²) >= 11 is 0. The Balaban J connectivity index is -0.000000426. The van der Waals surface area contributed by atoms with Gasteiger partial charge in [-0.2, -0.15) is 0 Å². The molecule has 16 nitrogen and oxygen atoms in total. The van der Waals surface area contributed by atoms with Crippen LogP contribution < -0.4 is 47.5 Å². The molecule has 2 aromatic carbocycles. The topological polar surface area (TPSA) is 321 Å². The number of rotatable bonds is 0. The molecule has 44 heavy (non-hydrogen) atoms. The average molecular weight is 772 g/mol. The van der Waals surface area contributed by atoms with Crippen molar-refractivity contribution in [1.29, 1.82) is 0 Å². The fourth-order valence-corrected chi connectivity index (χ4v) is 2.54. The van der Waals surface area contributed by atoms with E-state index in [4.69, 9.17) is 47.5 Å². The molecule has 0 fully saturated rings. The minimum Gasteiger partial charge on any atom is -0.872 e. The Bertz CT molecular complexity index is 1030. The summed E-state index contributed by atoms with van der Waals surface area (Å²) in [7, 11) is -7.89. The number of benzene rings is 2. The maximum Gasteiger partial charge on any atom is 2.00 e. The Kier molecular flexibility index (Phi) is 28.8. The summed E-state index contributed by atoms with van der Waals surface area (Å²) < 4.78 is 95.4. The van der Waals surface area contributed by atoms with E-state index in [1.807, 2.05) is 0 Å². The van der Waals surface area contributed by atoms with Gasteiger partial charge in [-0.3, -0.25) is 20.0 Å². The molecule has 2 radical (unpaired) electrons. The number of aliphatic imine (C=N–C) groups is 4. The zero-order valence-electron chi connectivity index (χ0n) is 22.3. The maximum atomic E-state index is 13.7. The van der Waals surface area contributed by atoms with Crippen LogP contribution in [0, 0.1) is 32.1 Å². The summed E-state index contributed by atoms with van der Waals surface area (Å²) in [6, 6.07) is 4.42. The first-order valence-electron chi connectivity index (χ1n) is 10.7. The van der Waals surface area contributed by atoms with E-state index in [1.54, 1.807) is 0 Å². The van der Waals surface area contributed by atoms with Gasteiger partial charge in [-0.15, -0.1) is 20.5 Å². The molecule has 1 heterocycles. The van der Waals surface area contributed by atoms with Crippen LogP contribution >= 0.6 is 0 Å². The van der Waals surface area contributed by atoms with Crippen LogP contribution in [0.25, 0.3) is 0 Å². The van der Waals surface area contributed by atoms with Crippen molar-refractivity contribution in [3.8, 4) is 11.5 Å². The number of halogens is 4. The largest absolute Gasteiger partial charge is 2.00 e. The van der Waals surface area contributed by atoms with Gasteiger partial charge in [0, 0.05) is 39.1 Å². The van der Waals surface area contributed by atoms with Crippen molar-refractivity contribution in [3.63, 3.8) is 0 Å². The fraction of sp³-hybridized carbons (Fsp3) is 0.273. The van der Waals surface area contributed by atoms with Crippen LogP contribution in [0.5, 0.6) is 11.5 Å². The van der Waals surface area contributed by atoms with Gasteiger partial charge in [0.2, 0.25) is 0 Å². The fourth-order valence-electron chi connectivity index (χ4n) is 2.54. The van der Waals surface area contributed by atoms with Crippen molar-refractivity contribution >= 4 is 24.9 Å². The van der Waals surface area contributed by atoms with E-state index >= 15 is 0 Å². The van der Waals surface area contributed by atoms with Crippen molar-refractivity contribution in [2.45, 2.75) is 0 Å². The first kappa shape index (κ1) is 48.7. The molecule has 0 amide bonds. The minimum atomic E-state index is -4.94. The van der Waals surface area contributed by atoms with Crippen LogP contribution in [0.3, 0.4) is 0 Å². The van der Waals surface area contributed by atoms with E-state index < -0.39 is 32.1 Å². The van der Waals surface area contributed by atoms with Crippen molar-refractivity contribution in [2.75, 3.05) is 40.4 Å².